The number of hydrogen-bond acceptors (Lipinski definition) is 2. The lowest BCUT2D eigenvalue weighted by Gasteiger charge is -2.35. The Morgan fingerprint density at radius 3 is 3.00 bits per heavy atom. The molecule has 0 aromatic carbocycles. The van der Waals surface area contributed by atoms with E-state index < -0.39 is 0 Å². The Morgan fingerprint density at radius 1 is 1.62 bits per heavy atom. The van der Waals surface area contributed by atoms with Crippen molar-refractivity contribution in [3.8, 4) is 0 Å². The van der Waals surface area contributed by atoms with Gasteiger partial charge in [-0.05, 0) is 17.4 Å². The lowest BCUT2D eigenvalue weighted by Crippen LogP contribution is -2.33. The fourth-order valence-corrected chi connectivity index (χ4v) is 2.49. The van der Waals surface area contributed by atoms with E-state index in [1.165, 1.54) is 0 Å². The number of alkyl halides is 1. The molecule has 0 aromatic rings. The van der Waals surface area contributed by atoms with Crippen LogP contribution in [0.15, 0.2) is 11.6 Å². The van der Waals surface area contributed by atoms with Crippen LogP contribution in [0.25, 0.3) is 0 Å². The summed E-state index contributed by atoms with van der Waals surface area (Å²) in [5.74, 6) is 0. The van der Waals surface area contributed by atoms with E-state index in [1.807, 2.05) is 0 Å². The molecule has 3 heteroatoms. The minimum atomic E-state index is -0.371. The molecule has 74 valence electrons. The smallest absolute Gasteiger partial charge is 0.101 e. The molecule has 13 heavy (non-hydrogen) atoms. The van der Waals surface area contributed by atoms with Crippen LogP contribution >= 0.6 is 15.9 Å². The van der Waals surface area contributed by atoms with Gasteiger partial charge in [-0.25, -0.2) is 0 Å². The standard InChI is InChI=1S/C10H15BrO2/c1-10(2)4-6-7(12)5-13-8(6)3-9(10)11/h4,7-9,12H,3,5H2,1-2H3/t7-,8-,9+/m1/s1. The summed E-state index contributed by atoms with van der Waals surface area (Å²) in [6.45, 7) is 4.83. The van der Waals surface area contributed by atoms with E-state index in [4.69, 9.17) is 4.74 Å². The van der Waals surface area contributed by atoms with Crippen molar-refractivity contribution in [1.29, 1.82) is 0 Å². The Labute approximate surface area is 87.1 Å². The minimum absolute atomic E-state index is 0.126. The van der Waals surface area contributed by atoms with Crippen LogP contribution in [0, 0.1) is 5.41 Å². The topological polar surface area (TPSA) is 29.5 Å². The summed E-state index contributed by atoms with van der Waals surface area (Å²) in [6.07, 6.45) is 2.91. The number of halogens is 1. The number of rotatable bonds is 0. The number of hydrogen-bond donors (Lipinski definition) is 1. The Morgan fingerprint density at radius 2 is 2.31 bits per heavy atom. The Kier molecular flexibility index (Phi) is 2.29. The molecular weight excluding hydrogens is 232 g/mol. The van der Waals surface area contributed by atoms with Gasteiger partial charge in [0.1, 0.15) is 6.10 Å². The maximum absolute atomic E-state index is 9.63. The molecule has 0 aromatic heterocycles. The van der Waals surface area contributed by atoms with Crippen molar-refractivity contribution in [3.05, 3.63) is 11.6 Å². The van der Waals surface area contributed by atoms with E-state index >= 15 is 0 Å². The predicted molar refractivity (Wildman–Crippen MR) is 54.9 cm³/mol. The second kappa shape index (κ2) is 3.07. The highest BCUT2D eigenvalue weighted by atomic mass is 79.9. The maximum Gasteiger partial charge on any atom is 0.101 e. The van der Waals surface area contributed by atoms with Gasteiger partial charge >= 0.3 is 0 Å². The molecule has 0 saturated carbocycles. The van der Waals surface area contributed by atoms with Crippen LogP contribution in [0.2, 0.25) is 0 Å². The molecule has 1 N–H and O–H groups in total. The highest BCUT2D eigenvalue weighted by Gasteiger charge is 2.40. The lowest BCUT2D eigenvalue weighted by atomic mass is 9.78. The first-order chi connectivity index (χ1) is 6.00. The van der Waals surface area contributed by atoms with Gasteiger partial charge in [0.2, 0.25) is 0 Å². The van der Waals surface area contributed by atoms with Crippen molar-refractivity contribution in [3.63, 3.8) is 0 Å². The number of fused-ring (bicyclic) bond motifs is 1. The van der Waals surface area contributed by atoms with Crippen LogP contribution in [-0.2, 0) is 4.74 Å². The highest BCUT2D eigenvalue weighted by molar-refractivity contribution is 9.09. The Balaban J connectivity index is 2.31. The third kappa shape index (κ3) is 1.58. The zero-order valence-corrected chi connectivity index (χ0v) is 9.54. The van der Waals surface area contributed by atoms with Gasteiger partial charge in [-0.15, -0.1) is 0 Å². The van der Waals surface area contributed by atoms with Crippen molar-refractivity contribution in [1.82, 2.24) is 0 Å². The van der Waals surface area contributed by atoms with E-state index in [2.05, 4.69) is 35.9 Å². The van der Waals surface area contributed by atoms with Crippen LogP contribution < -0.4 is 0 Å². The van der Waals surface area contributed by atoms with Gasteiger partial charge in [0, 0.05) is 4.83 Å². The van der Waals surface area contributed by atoms with E-state index in [0.29, 0.717) is 11.4 Å². The quantitative estimate of drug-likeness (QED) is 0.523. The maximum atomic E-state index is 9.63. The summed E-state index contributed by atoms with van der Waals surface area (Å²) in [5, 5.41) is 9.63. The van der Waals surface area contributed by atoms with Crippen LogP contribution in [-0.4, -0.2) is 28.7 Å². The minimum Gasteiger partial charge on any atom is -0.386 e. The summed E-state index contributed by atoms with van der Waals surface area (Å²) >= 11 is 3.66. The van der Waals surface area contributed by atoms with E-state index in [9.17, 15) is 5.11 Å². The molecular formula is C10H15BrO2. The summed E-state index contributed by atoms with van der Waals surface area (Å²) < 4.78 is 5.48. The normalized spacial score (nSPS) is 42.8. The molecule has 2 nitrogen and oxygen atoms in total. The number of aliphatic hydroxyl groups excluding tert-OH is 1. The second-order valence-electron chi connectivity index (χ2n) is 4.51. The first-order valence-corrected chi connectivity index (χ1v) is 5.58. The van der Waals surface area contributed by atoms with Gasteiger partial charge in [-0.3, -0.25) is 0 Å². The van der Waals surface area contributed by atoms with Gasteiger partial charge in [-0.2, -0.15) is 0 Å². The molecule has 1 aliphatic carbocycles. The first-order valence-electron chi connectivity index (χ1n) is 4.67. The third-order valence-corrected chi connectivity index (χ3v) is 4.53. The van der Waals surface area contributed by atoms with Crippen molar-refractivity contribution >= 4 is 15.9 Å². The number of ether oxygens (including phenoxy) is 1. The van der Waals surface area contributed by atoms with Gasteiger partial charge in [0.25, 0.3) is 0 Å². The van der Waals surface area contributed by atoms with Crippen molar-refractivity contribution in [2.45, 2.75) is 37.3 Å². The third-order valence-electron chi connectivity index (χ3n) is 2.98. The van der Waals surface area contributed by atoms with Crippen molar-refractivity contribution in [2.75, 3.05) is 6.61 Å². The molecule has 1 aliphatic heterocycles. The largest absolute Gasteiger partial charge is 0.386 e. The fourth-order valence-electron chi connectivity index (χ4n) is 2.02. The highest BCUT2D eigenvalue weighted by Crippen LogP contribution is 2.42. The van der Waals surface area contributed by atoms with Crippen LogP contribution in [0.5, 0.6) is 0 Å². The van der Waals surface area contributed by atoms with Gasteiger partial charge in [-0.1, -0.05) is 35.9 Å². The first kappa shape index (κ1) is 9.69. The molecule has 0 amide bonds. The number of allylic oxidation sites excluding steroid dienone is 1. The zero-order chi connectivity index (χ0) is 9.64. The molecule has 1 heterocycles. The SMILES string of the molecule is CC1(C)C=C2[C@H](O)CO[C@@H]2C[C@@H]1Br. The number of aliphatic hydroxyl groups is 1. The zero-order valence-electron chi connectivity index (χ0n) is 7.96. The molecule has 0 unspecified atom stereocenters. The summed E-state index contributed by atoms with van der Waals surface area (Å²) in [7, 11) is 0. The Bertz CT molecular complexity index is 247. The van der Waals surface area contributed by atoms with Crippen LogP contribution in [0.3, 0.4) is 0 Å². The van der Waals surface area contributed by atoms with E-state index in [-0.39, 0.29) is 17.6 Å². The molecule has 2 rings (SSSR count). The molecule has 2 aliphatic rings. The molecule has 0 spiro atoms. The molecule has 1 fully saturated rings. The van der Waals surface area contributed by atoms with Crippen LogP contribution in [0.4, 0.5) is 0 Å². The summed E-state index contributed by atoms with van der Waals surface area (Å²) in [5.41, 5.74) is 1.21. The van der Waals surface area contributed by atoms with E-state index in [1.54, 1.807) is 0 Å². The molecule has 3 atom stereocenters. The van der Waals surface area contributed by atoms with Gasteiger partial charge in [0.15, 0.2) is 0 Å². The average molecular weight is 247 g/mol. The Hall–Kier alpha value is 0.140. The molecule has 0 radical (unpaired) electrons. The van der Waals surface area contributed by atoms with Gasteiger partial charge in [0.05, 0.1) is 12.7 Å². The predicted octanol–water partition coefficient (Wildman–Crippen LogP) is 1.87. The summed E-state index contributed by atoms with van der Waals surface area (Å²) in [4.78, 5) is 0.444. The molecule has 1 saturated heterocycles. The lowest BCUT2D eigenvalue weighted by molar-refractivity contribution is 0.0810. The van der Waals surface area contributed by atoms with E-state index in [0.717, 1.165) is 12.0 Å². The van der Waals surface area contributed by atoms with Crippen molar-refractivity contribution < 1.29 is 9.84 Å². The summed E-state index contributed by atoms with van der Waals surface area (Å²) in [6, 6.07) is 0. The monoisotopic (exact) mass is 246 g/mol. The van der Waals surface area contributed by atoms with Gasteiger partial charge < -0.3 is 9.84 Å². The second-order valence-corrected chi connectivity index (χ2v) is 5.61. The van der Waals surface area contributed by atoms with Crippen LogP contribution in [0.1, 0.15) is 20.3 Å². The fraction of sp³-hybridized carbons (Fsp3) is 0.800. The molecule has 0 bridgehead atoms. The average Bonchev–Trinajstić information content (AvgIpc) is 2.34. The van der Waals surface area contributed by atoms with Crippen molar-refractivity contribution in [2.24, 2.45) is 5.41 Å².